The van der Waals surface area contributed by atoms with Gasteiger partial charge in [-0.05, 0) is 75.9 Å². The zero-order valence-electron chi connectivity index (χ0n) is 26.0. The molecule has 1 atom stereocenters. The van der Waals surface area contributed by atoms with Crippen LogP contribution >= 0.6 is 0 Å². The van der Waals surface area contributed by atoms with E-state index in [1.54, 1.807) is 0 Å². The molecule has 222 valence electrons. The number of imidazole rings is 1. The zero-order valence-corrected chi connectivity index (χ0v) is 27.0. The molecule has 1 N–H and O–H groups in total. The van der Waals surface area contributed by atoms with Gasteiger partial charge in [-0.15, -0.1) is 0 Å². The van der Waals surface area contributed by atoms with E-state index in [9.17, 15) is 0 Å². The minimum Gasteiger partial charge on any atom is -0.345 e. The molecule has 4 nitrogen and oxygen atoms in total. The van der Waals surface area contributed by atoms with Gasteiger partial charge in [0.2, 0.25) is 8.07 Å². The molecule has 0 unspecified atom stereocenters. The van der Waals surface area contributed by atoms with Crippen molar-refractivity contribution in [2.45, 2.75) is 32.1 Å². The first-order valence-electron chi connectivity index (χ1n) is 16.2. The van der Waals surface area contributed by atoms with E-state index in [0.717, 1.165) is 29.9 Å². The summed E-state index contributed by atoms with van der Waals surface area (Å²) in [6, 6.07) is 40.5. The maximum Gasteiger partial charge on any atom is 0.202 e. The average molecular weight is 611 g/mol. The van der Waals surface area contributed by atoms with E-state index in [4.69, 9.17) is 4.98 Å². The maximum absolute atomic E-state index is 5.21. The highest BCUT2D eigenvalue weighted by Gasteiger charge is 2.54. The molecule has 0 bridgehead atoms. The summed E-state index contributed by atoms with van der Waals surface area (Å²) >= 11 is 0. The molecule has 4 heterocycles. The van der Waals surface area contributed by atoms with Gasteiger partial charge in [0, 0.05) is 51.3 Å². The number of hydrogen-bond donors (Lipinski definition) is 1. The number of benzene rings is 4. The fourth-order valence-electron chi connectivity index (χ4n) is 8.28. The number of allylic oxidation sites excluding steroid dienone is 4. The van der Waals surface area contributed by atoms with E-state index >= 15 is 0 Å². The molecule has 3 aromatic heterocycles. The number of rotatable bonds is 4. The Hall–Kier alpha value is -5.26. The molecule has 1 aliphatic carbocycles. The first-order valence-corrected chi connectivity index (χ1v) is 18.2. The normalized spacial score (nSPS) is 18.6. The summed E-state index contributed by atoms with van der Waals surface area (Å²) in [5.41, 5.74) is 7.40. The first-order chi connectivity index (χ1) is 22.6. The molecule has 0 saturated heterocycles. The van der Waals surface area contributed by atoms with Crippen LogP contribution in [0.25, 0.3) is 38.9 Å². The summed E-state index contributed by atoms with van der Waals surface area (Å²) < 4.78 is 2.44. The molecule has 46 heavy (non-hydrogen) atoms. The minimum absolute atomic E-state index is 0.0839. The zero-order chi connectivity index (χ0) is 30.9. The molecule has 0 radical (unpaired) electrons. The lowest BCUT2D eigenvalue weighted by Crippen LogP contribution is -2.73. The summed E-state index contributed by atoms with van der Waals surface area (Å²) in [7, 11) is -2.80. The highest BCUT2D eigenvalue weighted by atomic mass is 28.3. The molecule has 0 amide bonds. The van der Waals surface area contributed by atoms with Crippen LogP contribution in [0, 0.1) is 0 Å². The molecule has 2 aliphatic rings. The maximum atomic E-state index is 5.21. The van der Waals surface area contributed by atoms with Gasteiger partial charge in [0.1, 0.15) is 5.82 Å². The third-order valence-corrected chi connectivity index (χ3v) is 15.0. The lowest BCUT2D eigenvalue weighted by atomic mass is 9.75. The van der Waals surface area contributed by atoms with Crippen molar-refractivity contribution in [1.82, 2.24) is 19.5 Å². The fourth-order valence-corrected chi connectivity index (χ4v) is 13.8. The second kappa shape index (κ2) is 10.1. The quantitative estimate of drug-likeness (QED) is 0.210. The van der Waals surface area contributed by atoms with Gasteiger partial charge in [0.25, 0.3) is 0 Å². The molecule has 7 aromatic rings. The minimum atomic E-state index is -2.80. The number of hydrogen-bond acceptors (Lipinski definition) is 2. The van der Waals surface area contributed by atoms with Crippen LogP contribution in [0.5, 0.6) is 0 Å². The Morgan fingerprint density at radius 3 is 2.41 bits per heavy atom. The van der Waals surface area contributed by atoms with Gasteiger partial charge < -0.3 is 9.55 Å². The fraction of sp³-hybridized carbons (Fsp3) is 0.122. The van der Waals surface area contributed by atoms with Crippen molar-refractivity contribution in [3.8, 4) is 17.1 Å². The van der Waals surface area contributed by atoms with Gasteiger partial charge in [-0.2, -0.15) is 0 Å². The van der Waals surface area contributed by atoms with Crippen molar-refractivity contribution in [3.63, 3.8) is 0 Å². The van der Waals surface area contributed by atoms with Crippen molar-refractivity contribution >= 4 is 45.6 Å². The second-order valence-electron chi connectivity index (χ2n) is 13.0. The Morgan fingerprint density at radius 1 is 0.717 bits per heavy atom. The summed E-state index contributed by atoms with van der Waals surface area (Å²) in [4.78, 5) is 13.0. The van der Waals surface area contributed by atoms with Crippen molar-refractivity contribution in [2.24, 2.45) is 0 Å². The number of nitrogens with zero attached hydrogens (tertiary/aromatic N) is 3. The summed E-state index contributed by atoms with van der Waals surface area (Å²) in [5, 5.41) is 8.02. The van der Waals surface area contributed by atoms with Crippen LogP contribution in [0.4, 0.5) is 0 Å². The second-order valence-corrected chi connectivity index (χ2v) is 16.7. The van der Waals surface area contributed by atoms with E-state index in [0.29, 0.717) is 0 Å². The number of aromatic amines is 1. The van der Waals surface area contributed by atoms with Gasteiger partial charge in [0.15, 0.2) is 0 Å². The Kier molecular flexibility index (Phi) is 5.96. The summed E-state index contributed by atoms with van der Waals surface area (Å²) in [5.74, 6) is 0.870. The predicted octanol–water partition coefficient (Wildman–Crippen LogP) is 7.52. The number of aromatic nitrogens is 4. The van der Waals surface area contributed by atoms with Crippen LogP contribution in [0.15, 0.2) is 151 Å². The van der Waals surface area contributed by atoms with Crippen molar-refractivity contribution in [3.05, 3.63) is 156 Å². The Labute approximate surface area is 269 Å². The molecule has 5 heteroatoms. The number of nitrogens with one attached hydrogen (secondary N) is 1. The topological polar surface area (TPSA) is 46.5 Å². The lowest BCUT2D eigenvalue weighted by molar-refractivity contribution is 0.626. The first kappa shape index (κ1) is 27.1. The molecule has 0 fully saturated rings. The monoisotopic (exact) mass is 610 g/mol. The highest BCUT2D eigenvalue weighted by molar-refractivity contribution is 7.16. The van der Waals surface area contributed by atoms with Crippen LogP contribution in [0.2, 0.25) is 0 Å². The van der Waals surface area contributed by atoms with E-state index in [1.807, 2.05) is 24.7 Å². The van der Waals surface area contributed by atoms with E-state index in [1.165, 1.54) is 53.8 Å². The summed E-state index contributed by atoms with van der Waals surface area (Å²) in [6.45, 7) is 4.81. The molecule has 1 aliphatic heterocycles. The predicted molar refractivity (Wildman–Crippen MR) is 192 cm³/mol. The van der Waals surface area contributed by atoms with Crippen LogP contribution in [-0.4, -0.2) is 27.6 Å². The van der Waals surface area contributed by atoms with Gasteiger partial charge in [-0.25, -0.2) is 4.98 Å². The highest BCUT2D eigenvalue weighted by Crippen LogP contribution is 2.46. The van der Waals surface area contributed by atoms with Gasteiger partial charge in [0.05, 0.1) is 11.0 Å². The van der Waals surface area contributed by atoms with Crippen molar-refractivity contribution in [2.75, 3.05) is 0 Å². The van der Waals surface area contributed by atoms with Gasteiger partial charge >= 0.3 is 0 Å². The van der Waals surface area contributed by atoms with Crippen LogP contribution in [0.3, 0.4) is 0 Å². The van der Waals surface area contributed by atoms with Crippen molar-refractivity contribution < 1.29 is 0 Å². The SMILES string of the molecule is CC1(C)C2=CCCC=C2[Si@](c2ccc3c4ccccc4n(-c4cccc(-c5ncc[nH]5)c4)c3c2)(c2ccccn2)c2ccccc21. The third kappa shape index (κ3) is 3.72. The van der Waals surface area contributed by atoms with Crippen LogP contribution < -0.4 is 15.7 Å². The van der Waals surface area contributed by atoms with Gasteiger partial charge in [-0.1, -0.05) is 98.8 Å². The van der Waals surface area contributed by atoms with Crippen molar-refractivity contribution in [1.29, 1.82) is 0 Å². The largest absolute Gasteiger partial charge is 0.345 e. The number of pyridine rings is 1. The molecule has 4 aromatic carbocycles. The molecule has 9 rings (SSSR count). The number of fused-ring (bicyclic) bond motifs is 5. The molecule has 0 saturated carbocycles. The van der Waals surface area contributed by atoms with E-state index in [-0.39, 0.29) is 5.41 Å². The lowest BCUT2D eigenvalue weighted by Gasteiger charge is -2.49. The number of H-pyrrole nitrogens is 1. The van der Waals surface area contributed by atoms with Crippen LogP contribution in [-0.2, 0) is 5.41 Å². The Bertz CT molecular complexity index is 2340. The third-order valence-electron chi connectivity index (χ3n) is 10.3. The van der Waals surface area contributed by atoms with Crippen LogP contribution in [0.1, 0.15) is 32.3 Å². The molecular formula is C41H34N4Si. The Balaban J connectivity index is 1.40. The molecular weight excluding hydrogens is 577 g/mol. The molecule has 0 spiro atoms. The van der Waals surface area contributed by atoms with E-state index < -0.39 is 8.07 Å². The number of para-hydroxylation sites is 1. The smallest absolute Gasteiger partial charge is 0.202 e. The van der Waals surface area contributed by atoms with E-state index in [2.05, 4.69) is 144 Å². The average Bonchev–Trinajstić information content (AvgIpc) is 3.76. The summed E-state index contributed by atoms with van der Waals surface area (Å²) in [6.07, 6.45) is 12.9. The van der Waals surface area contributed by atoms with Gasteiger partial charge in [-0.3, -0.25) is 4.98 Å². The standard InChI is InChI=1S/C41H34N4Si/c1-41(2)33-15-4-7-18-37(33)46(39-20-9-10-23-42-39,38-19-8-5-16-34(38)41)30-21-22-32-31-14-3-6-17-35(31)45(36(32)27-30)29-13-11-12-28(26-29)40-43-24-25-44-40/h3-4,6-7,9-27H,5,8H2,1-2H3,(H,43,44)/t46-/m1/s1. The Morgan fingerprint density at radius 2 is 1.54 bits per heavy atom.